The third-order valence-electron chi connectivity index (χ3n) is 3.88. The van der Waals surface area contributed by atoms with E-state index in [2.05, 4.69) is 0 Å². The molecule has 1 aliphatic rings. The summed E-state index contributed by atoms with van der Waals surface area (Å²) in [5, 5.41) is 0. The lowest BCUT2D eigenvalue weighted by molar-refractivity contribution is -0.137. The molecule has 0 saturated heterocycles. The van der Waals surface area contributed by atoms with Crippen LogP contribution in [0, 0.1) is 0 Å². The van der Waals surface area contributed by atoms with Crippen LogP contribution in [0.3, 0.4) is 0 Å². The summed E-state index contributed by atoms with van der Waals surface area (Å²) in [5.74, 6) is 0. The van der Waals surface area contributed by atoms with E-state index in [9.17, 15) is 21.6 Å². The van der Waals surface area contributed by atoms with Gasteiger partial charge in [0.15, 0.2) is 0 Å². The summed E-state index contributed by atoms with van der Waals surface area (Å²) in [6.45, 7) is 0. The summed E-state index contributed by atoms with van der Waals surface area (Å²) in [4.78, 5) is 0.502. The van der Waals surface area contributed by atoms with Crippen LogP contribution in [0.25, 0.3) is 5.57 Å². The number of hydrogen-bond donors (Lipinski definition) is 0. The van der Waals surface area contributed by atoms with Crippen LogP contribution in [-0.2, 0) is 16.0 Å². The third kappa shape index (κ3) is 2.91. The van der Waals surface area contributed by atoms with Crippen LogP contribution in [0.4, 0.5) is 13.2 Å². The van der Waals surface area contributed by atoms with E-state index < -0.39 is 21.6 Å². The molecule has 2 aromatic rings. The van der Waals surface area contributed by atoms with Crippen molar-refractivity contribution in [3.05, 3.63) is 70.6 Å². The van der Waals surface area contributed by atoms with Gasteiger partial charge in [-0.3, -0.25) is 0 Å². The van der Waals surface area contributed by atoms with Crippen LogP contribution in [0.1, 0.15) is 24.0 Å². The smallest absolute Gasteiger partial charge is 0.219 e. The molecule has 0 saturated carbocycles. The highest BCUT2D eigenvalue weighted by molar-refractivity contribution is 7.95. The molecule has 0 spiro atoms. The van der Waals surface area contributed by atoms with Crippen molar-refractivity contribution in [3.8, 4) is 0 Å². The highest BCUT2D eigenvalue weighted by Gasteiger charge is 2.33. The monoisotopic (exact) mass is 338 g/mol. The SMILES string of the molecule is O=S(=O)(C1=C(c2ccc(C(F)(F)F)cc2)CC1)c1ccccc1. The Hall–Kier alpha value is -2.08. The molecular weight excluding hydrogens is 325 g/mol. The molecule has 0 N–H and O–H groups in total. The molecule has 0 aromatic heterocycles. The first-order valence-electron chi connectivity index (χ1n) is 7.00. The Morgan fingerprint density at radius 1 is 0.826 bits per heavy atom. The molecule has 0 atom stereocenters. The van der Waals surface area contributed by atoms with E-state index in [4.69, 9.17) is 0 Å². The number of rotatable bonds is 3. The Morgan fingerprint density at radius 2 is 1.43 bits per heavy atom. The van der Waals surface area contributed by atoms with Gasteiger partial charge >= 0.3 is 6.18 Å². The van der Waals surface area contributed by atoms with Gasteiger partial charge in [-0.2, -0.15) is 13.2 Å². The fourth-order valence-corrected chi connectivity index (χ4v) is 4.27. The average Bonchev–Trinajstić information content (AvgIpc) is 2.46. The van der Waals surface area contributed by atoms with Crippen LogP contribution in [-0.4, -0.2) is 8.42 Å². The number of hydrogen-bond acceptors (Lipinski definition) is 2. The van der Waals surface area contributed by atoms with Gasteiger partial charge in [0.2, 0.25) is 9.84 Å². The van der Waals surface area contributed by atoms with Crippen molar-refractivity contribution in [1.29, 1.82) is 0 Å². The lowest BCUT2D eigenvalue weighted by atomic mass is 9.91. The summed E-state index contributed by atoms with van der Waals surface area (Å²) in [6, 6.07) is 12.7. The van der Waals surface area contributed by atoms with E-state index in [1.807, 2.05) is 0 Å². The highest BCUT2D eigenvalue weighted by atomic mass is 32.2. The van der Waals surface area contributed by atoms with Gasteiger partial charge in [-0.1, -0.05) is 30.3 Å². The molecule has 1 aliphatic carbocycles. The van der Waals surface area contributed by atoms with E-state index in [1.165, 1.54) is 24.3 Å². The minimum absolute atomic E-state index is 0.208. The van der Waals surface area contributed by atoms with Gasteiger partial charge in [-0.05, 0) is 48.2 Å². The van der Waals surface area contributed by atoms with Crippen LogP contribution >= 0.6 is 0 Å². The van der Waals surface area contributed by atoms with Crippen molar-refractivity contribution in [1.82, 2.24) is 0 Å². The molecule has 6 heteroatoms. The van der Waals surface area contributed by atoms with Crippen molar-refractivity contribution in [2.75, 3.05) is 0 Å². The van der Waals surface area contributed by atoms with Gasteiger partial charge in [-0.15, -0.1) is 0 Å². The zero-order valence-electron chi connectivity index (χ0n) is 12.0. The van der Waals surface area contributed by atoms with Gasteiger partial charge in [-0.25, -0.2) is 8.42 Å². The van der Waals surface area contributed by atoms with Crippen molar-refractivity contribution in [2.45, 2.75) is 23.9 Å². The summed E-state index contributed by atoms with van der Waals surface area (Å²) in [7, 11) is -3.58. The summed E-state index contributed by atoms with van der Waals surface area (Å²) in [5.41, 5.74) is 0.384. The van der Waals surface area contributed by atoms with Crippen LogP contribution in [0.5, 0.6) is 0 Å². The number of benzene rings is 2. The average molecular weight is 338 g/mol. The van der Waals surface area contributed by atoms with Gasteiger partial charge in [0.05, 0.1) is 15.4 Å². The first-order chi connectivity index (χ1) is 10.8. The minimum Gasteiger partial charge on any atom is -0.219 e. The summed E-state index contributed by atoms with van der Waals surface area (Å²) < 4.78 is 63.0. The first-order valence-corrected chi connectivity index (χ1v) is 8.48. The molecular formula is C17H13F3O2S. The predicted molar refractivity (Wildman–Crippen MR) is 81.2 cm³/mol. The molecule has 0 heterocycles. The quantitative estimate of drug-likeness (QED) is 0.814. The van der Waals surface area contributed by atoms with Gasteiger partial charge in [0.25, 0.3) is 0 Å². The molecule has 120 valence electrons. The molecule has 0 bridgehead atoms. The Kier molecular flexibility index (Phi) is 3.80. The van der Waals surface area contributed by atoms with Crippen LogP contribution in [0.15, 0.2) is 64.4 Å². The number of allylic oxidation sites excluding steroid dienone is 2. The van der Waals surface area contributed by atoms with Crippen molar-refractivity contribution in [2.24, 2.45) is 0 Å². The van der Waals surface area contributed by atoms with E-state index >= 15 is 0 Å². The first kappa shape index (κ1) is 15.8. The van der Waals surface area contributed by atoms with E-state index in [0.717, 1.165) is 12.1 Å². The van der Waals surface area contributed by atoms with E-state index in [0.29, 0.717) is 28.9 Å². The van der Waals surface area contributed by atoms with E-state index in [-0.39, 0.29) is 4.90 Å². The maximum atomic E-state index is 12.6. The molecule has 0 fully saturated rings. The Labute approximate surface area is 132 Å². The molecule has 0 aliphatic heterocycles. The maximum Gasteiger partial charge on any atom is 0.416 e. The van der Waals surface area contributed by atoms with Crippen molar-refractivity contribution in [3.63, 3.8) is 0 Å². The van der Waals surface area contributed by atoms with Crippen molar-refractivity contribution >= 4 is 15.4 Å². The van der Waals surface area contributed by atoms with Gasteiger partial charge in [0, 0.05) is 0 Å². The lowest BCUT2D eigenvalue weighted by Gasteiger charge is -2.24. The largest absolute Gasteiger partial charge is 0.416 e. The number of alkyl halides is 3. The zero-order valence-corrected chi connectivity index (χ0v) is 12.8. The highest BCUT2D eigenvalue weighted by Crippen LogP contribution is 2.42. The molecule has 3 rings (SSSR count). The van der Waals surface area contributed by atoms with Crippen LogP contribution < -0.4 is 0 Å². The molecule has 0 radical (unpaired) electrons. The maximum absolute atomic E-state index is 12.6. The molecule has 0 amide bonds. The van der Waals surface area contributed by atoms with Crippen molar-refractivity contribution < 1.29 is 21.6 Å². The fraction of sp³-hybridized carbons (Fsp3) is 0.176. The second-order valence-electron chi connectivity index (χ2n) is 5.29. The Bertz CT molecular complexity index is 849. The Balaban J connectivity index is 1.99. The lowest BCUT2D eigenvalue weighted by Crippen LogP contribution is -2.14. The normalized spacial score (nSPS) is 15.4. The van der Waals surface area contributed by atoms with Gasteiger partial charge < -0.3 is 0 Å². The zero-order chi connectivity index (χ0) is 16.7. The van der Waals surface area contributed by atoms with Gasteiger partial charge in [0.1, 0.15) is 0 Å². The second kappa shape index (κ2) is 5.53. The van der Waals surface area contributed by atoms with Crippen LogP contribution in [0.2, 0.25) is 0 Å². The minimum atomic E-state index is -4.40. The number of sulfone groups is 1. The molecule has 23 heavy (non-hydrogen) atoms. The topological polar surface area (TPSA) is 34.1 Å². The second-order valence-corrected chi connectivity index (χ2v) is 7.26. The molecule has 2 aromatic carbocycles. The third-order valence-corrected chi connectivity index (χ3v) is 5.87. The fourth-order valence-electron chi connectivity index (χ4n) is 2.56. The number of halogens is 3. The molecule has 2 nitrogen and oxygen atoms in total. The summed E-state index contributed by atoms with van der Waals surface area (Å²) >= 11 is 0. The Morgan fingerprint density at radius 3 is 1.91 bits per heavy atom. The van der Waals surface area contributed by atoms with E-state index in [1.54, 1.807) is 18.2 Å². The predicted octanol–water partition coefficient (Wildman–Crippen LogP) is 4.68. The summed E-state index contributed by atoms with van der Waals surface area (Å²) in [6.07, 6.45) is -3.44. The molecule has 0 unspecified atom stereocenters. The standard InChI is InChI=1S/C17H13F3O2S/c18-17(19,20)13-8-6-12(7-9-13)15-10-11-16(15)23(21,22)14-4-2-1-3-5-14/h1-9H,10-11H2.